The van der Waals surface area contributed by atoms with Gasteiger partial charge in [-0.3, -0.25) is 4.79 Å². The number of anilines is 1. The van der Waals surface area contributed by atoms with E-state index in [1.165, 1.54) is 0 Å². The molecule has 1 fully saturated rings. The molecule has 0 aliphatic carbocycles. The summed E-state index contributed by atoms with van der Waals surface area (Å²) in [5.74, 6) is 0. The lowest BCUT2D eigenvalue weighted by atomic mass is 10.1. The molecule has 0 bridgehead atoms. The Morgan fingerprint density at radius 1 is 1.71 bits per heavy atom. The van der Waals surface area contributed by atoms with Crippen molar-refractivity contribution in [2.45, 2.75) is 25.4 Å². The van der Waals surface area contributed by atoms with Gasteiger partial charge in [-0.2, -0.15) is 5.10 Å². The lowest BCUT2D eigenvalue weighted by Gasteiger charge is -2.09. The van der Waals surface area contributed by atoms with Gasteiger partial charge in [0.1, 0.15) is 5.69 Å². The van der Waals surface area contributed by atoms with E-state index in [1.807, 2.05) is 0 Å². The van der Waals surface area contributed by atoms with Gasteiger partial charge in [0.25, 0.3) is 5.56 Å². The maximum absolute atomic E-state index is 11.1. The highest BCUT2D eigenvalue weighted by Gasteiger charge is 2.17. The summed E-state index contributed by atoms with van der Waals surface area (Å²) in [7, 11) is 0. The molecule has 0 aromatic carbocycles. The van der Waals surface area contributed by atoms with E-state index in [9.17, 15) is 4.79 Å². The molecule has 5 nitrogen and oxygen atoms in total. The van der Waals surface area contributed by atoms with Gasteiger partial charge in [-0.05, 0) is 12.8 Å². The maximum atomic E-state index is 11.1. The number of rotatable bonds is 2. The van der Waals surface area contributed by atoms with E-state index >= 15 is 0 Å². The monoisotopic (exact) mass is 195 g/mol. The van der Waals surface area contributed by atoms with E-state index in [0.29, 0.717) is 6.42 Å². The molecule has 0 radical (unpaired) electrons. The molecule has 1 aliphatic rings. The van der Waals surface area contributed by atoms with Crippen LogP contribution in [0.3, 0.4) is 0 Å². The Morgan fingerprint density at radius 2 is 2.57 bits per heavy atom. The van der Waals surface area contributed by atoms with E-state index in [2.05, 4.69) is 10.2 Å². The van der Waals surface area contributed by atoms with Crippen molar-refractivity contribution in [2.24, 2.45) is 0 Å². The Labute approximate surface area is 81.3 Å². The maximum Gasteiger partial charge on any atom is 0.287 e. The van der Waals surface area contributed by atoms with Gasteiger partial charge in [0.15, 0.2) is 0 Å². The van der Waals surface area contributed by atoms with E-state index in [-0.39, 0.29) is 17.4 Å². The third kappa shape index (κ3) is 1.77. The van der Waals surface area contributed by atoms with Crippen LogP contribution in [0.1, 0.15) is 18.4 Å². The van der Waals surface area contributed by atoms with Crippen LogP contribution in [-0.4, -0.2) is 22.9 Å². The predicted molar refractivity (Wildman–Crippen MR) is 51.9 cm³/mol. The number of H-pyrrole nitrogens is 1. The molecule has 1 aromatic heterocycles. The first-order valence-corrected chi connectivity index (χ1v) is 4.71. The number of nitrogens with two attached hydrogens (primary N) is 1. The summed E-state index contributed by atoms with van der Waals surface area (Å²) in [6, 6.07) is 0. The highest BCUT2D eigenvalue weighted by molar-refractivity contribution is 5.42. The molecule has 0 amide bonds. The molecule has 2 rings (SSSR count). The smallest absolute Gasteiger partial charge is 0.287 e. The summed E-state index contributed by atoms with van der Waals surface area (Å²) < 4.78 is 5.46. The highest BCUT2D eigenvalue weighted by atomic mass is 16.5. The van der Waals surface area contributed by atoms with Crippen LogP contribution in [-0.2, 0) is 11.2 Å². The average molecular weight is 195 g/mol. The first kappa shape index (κ1) is 9.21. The van der Waals surface area contributed by atoms with Crippen molar-refractivity contribution in [1.29, 1.82) is 0 Å². The number of nitrogens with one attached hydrogen (secondary N) is 1. The van der Waals surface area contributed by atoms with Gasteiger partial charge in [-0.1, -0.05) is 0 Å². The molecular weight excluding hydrogens is 182 g/mol. The molecule has 1 saturated heterocycles. The van der Waals surface area contributed by atoms with Crippen LogP contribution < -0.4 is 11.3 Å². The van der Waals surface area contributed by atoms with E-state index in [1.54, 1.807) is 6.20 Å². The number of aromatic nitrogens is 2. The normalized spacial score (nSPS) is 21.3. The molecule has 3 N–H and O–H groups in total. The molecule has 5 heteroatoms. The van der Waals surface area contributed by atoms with Crippen LogP contribution in [0.4, 0.5) is 5.69 Å². The largest absolute Gasteiger partial charge is 0.394 e. The van der Waals surface area contributed by atoms with Crippen molar-refractivity contribution in [3.8, 4) is 0 Å². The van der Waals surface area contributed by atoms with Crippen molar-refractivity contribution in [2.75, 3.05) is 12.3 Å². The summed E-state index contributed by atoms with van der Waals surface area (Å²) >= 11 is 0. The van der Waals surface area contributed by atoms with Crippen LogP contribution in [0.5, 0.6) is 0 Å². The second kappa shape index (κ2) is 3.79. The SMILES string of the molecule is Nc1c(CC2CCCO2)cn[nH]c1=O. The van der Waals surface area contributed by atoms with Crippen LogP contribution in [0.2, 0.25) is 0 Å². The topological polar surface area (TPSA) is 81.0 Å². The molecule has 0 saturated carbocycles. The van der Waals surface area contributed by atoms with E-state index < -0.39 is 0 Å². The zero-order chi connectivity index (χ0) is 9.97. The first-order valence-electron chi connectivity index (χ1n) is 4.71. The number of ether oxygens (including phenoxy) is 1. The number of nitrogens with zero attached hydrogens (tertiary/aromatic N) is 1. The number of aromatic amines is 1. The second-order valence-electron chi connectivity index (χ2n) is 3.48. The first-order chi connectivity index (χ1) is 6.77. The van der Waals surface area contributed by atoms with Crippen molar-refractivity contribution in [1.82, 2.24) is 10.2 Å². The molecule has 1 atom stereocenters. The number of nitrogen functional groups attached to an aromatic ring is 1. The predicted octanol–water partition coefficient (Wildman–Crippen LogP) is 0.0736. The molecule has 1 unspecified atom stereocenters. The van der Waals surface area contributed by atoms with Gasteiger partial charge >= 0.3 is 0 Å². The van der Waals surface area contributed by atoms with Crippen LogP contribution >= 0.6 is 0 Å². The van der Waals surface area contributed by atoms with Gasteiger partial charge in [0, 0.05) is 18.6 Å². The molecule has 0 spiro atoms. The third-order valence-electron chi connectivity index (χ3n) is 2.45. The van der Waals surface area contributed by atoms with Gasteiger partial charge in [0.05, 0.1) is 12.3 Å². The fraction of sp³-hybridized carbons (Fsp3) is 0.556. The summed E-state index contributed by atoms with van der Waals surface area (Å²) in [5, 5.41) is 6.01. The zero-order valence-corrected chi connectivity index (χ0v) is 7.82. The van der Waals surface area contributed by atoms with E-state index in [4.69, 9.17) is 10.5 Å². The molecule has 1 aromatic rings. The van der Waals surface area contributed by atoms with Gasteiger partial charge in [-0.15, -0.1) is 0 Å². The Morgan fingerprint density at radius 3 is 3.29 bits per heavy atom. The minimum Gasteiger partial charge on any atom is -0.394 e. The summed E-state index contributed by atoms with van der Waals surface area (Å²) in [5.41, 5.74) is 6.34. The van der Waals surface area contributed by atoms with Gasteiger partial charge < -0.3 is 10.5 Å². The lowest BCUT2D eigenvalue weighted by molar-refractivity contribution is 0.111. The van der Waals surface area contributed by atoms with E-state index in [0.717, 1.165) is 25.0 Å². The van der Waals surface area contributed by atoms with Crippen LogP contribution in [0, 0.1) is 0 Å². The molecule has 76 valence electrons. The quantitative estimate of drug-likeness (QED) is 0.700. The van der Waals surface area contributed by atoms with Crippen molar-refractivity contribution in [3.05, 3.63) is 22.1 Å². The van der Waals surface area contributed by atoms with Gasteiger partial charge in [-0.25, -0.2) is 5.10 Å². The molecular formula is C9H13N3O2. The fourth-order valence-corrected chi connectivity index (χ4v) is 1.66. The van der Waals surface area contributed by atoms with Crippen LogP contribution in [0.15, 0.2) is 11.0 Å². The Balaban J connectivity index is 2.15. The fourth-order valence-electron chi connectivity index (χ4n) is 1.66. The standard InChI is InChI=1S/C9H13N3O2/c10-8-6(5-11-12-9(8)13)4-7-2-1-3-14-7/h5,7H,1-4H2,(H2,10,11)(H,12,13). The minimum absolute atomic E-state index is 0.195. The number of hydrogen-bond acceptors (Lipinski definition) is 4. The molecule has 1 aliphatic heterocycles. The molecule has 14 heavy (non-hydrogen) atoms. The molecule has 2 heterocycles. The summed E-state index contributed by atoms with van der Waals surface area (Å²) in [6.07, 6.45) is 4.59. The minimum atomic E-state index is -0.319. The zero-order valence-electron chi connectivity index (χ0n) is 7.82. The highest BCUT2D eigenvalue weighted by Crippen LogP contribution is 2.18. The van der Waals surface area contributed by atoms with Crippen LogP contribution in [0.25, 0.3) is 0 Å². The number of hydrogen-bond donors (Lipinski definition) is 2. The average Bonchev–Trinajstić information content (AvgIpc) is 2.66. The van der Waals surface area contributed by atoms with Crippen molar-refractivity contribution in [3.63, 3.8) is 0 Å². The third-order valence-corrected chi connectivity index (χ3v) is 2.45. The summed E-state index contributed by atoms with van der Waals surface area (Å²) in [4.78, 5) is 11.1. The Hall–Kier alpha value is -1.36. The van der Waals surface area contributed by atoms with Crippen molar-refractivity contribution >= 4 is 5.69 Å². The Bertz CT molecular complexity index is 369. The summed E-state index contributed by atoms with van der Waals surface area (Å²) in [6.45, 7) is 0.807. The second-order valence-corrected chi connectivity index (χ2v) is 3.48. The lowest BCUT2D eigenvalue weighted by Crippen LogP contribution is -2.19. The van der Waals surface area contributed by atoms with Crippen molar-refractivity contribution < 1.29 is 4.74 Å². The van der Waals surface area contributed by atoms with Gasteiger partial charge in [0.2, 0.25) is 0 Å². The Kier molecular flexibility index (Phi) is 2.49.